The minimum absolute atomic E-state index is 0.0416. The minimum Gasteiger partial charge on any atom is -0.508 e. The number of aliphatic carboxylic acids is 2. The van der Waals surface area contributed by atoms with Gasteiger partial charge in [0.1, 0.15) is 41.7 Å². The Hall–Kier alpha value is -5.71. The molecular weight excluding hydrogens is 704 g/mol. The molecule has 0 aliphatic heterocycles. The maximum absolute atomic E-state index is 13.9. The van der Waals surface area contributed by atoms with E-state index < -0.39 is 96.5 Å². The van der Waals surface area contributed by atoms with E-state index in [1.54, 1.807) is 26.0 Å². The van der Waals surface area contributed by atoms with Crippen molar-refractivity contribution < 1.29 is 54.0 Å². The van der Waals surface area contributed by atoms with Crippen LogP contribution in [-0.2, 0) is 46.4 Å². The summed E-state index contributed by atoms with van der Waals surface area (Å²) in [6, 6.07) is 4.23. The number of carbonyl (C=O) groups is 7. The van der Waals surface area contributed by atoms with Crippen molar-refractivity contribution in [3.8, 4) is 11.5 Å². The molecule has 0 saturated carbocycles. The summed E-state index contributed by atoms with van der Waals surface area (Å²) >= 11 is 0. The van der Waals surface area contributed by atoms with Crippen molar-refractivity contribution in [2.45, 2.75) is 103 Å². The zero-order valence-corrected chi connectivity index (χ0v) is 31.0. The van der Waals surface area contributed by atoms with Gasteiger partial charge in [0.25, 0.3) is 0 Å². The number of rotatable bonds is 21. The molecule has 0 unspecified atom stereocenters. The largest absolute Gasteiger partial charge is 0.508 e. The van der Waals surface area contributed by atoms with Crippen LogP contribution in [0.5, 0.6) is 11.5 Å². The molecule has 0 fully saturated rings. The topological polar surface area (TPSA) is 287 Å². The summed E-state index contributed by atoms with van der Waals surface area (Å²) < 4.78 is 0. The fourth-order valence-electron chi connectivity index (χ4n) is 5.27. The second kappa shape index (κ2) is 21.1. The van der Waals surface area contributed by atoms with Gasteiger partial charge in [0.2, 0.25) is 29.5 Å². The summed E-state index contributed by atoms with van der Waals surface area (Å²) in [4.78, 5) is 90.1. The monoisotopic (exact) mass is 756 g/mol. The van der Waals surface area contributed by atoms with E-state index >= 15 is 0 Å². The van der Waals surface area contributed by atoms with Crippen LogP contribution in [0.4, 0.5) is 0 Å². The maximum atomic E-state index is 13.9. The number of nitrogens with one attached hydrogen (secondary N) is 5. The van der Waals surface area contributed by atoms with Crippen molar-refractivity contribution in [2.75, 3.05) is 0 Å². The van der Waals surface area contributed by atoms with Crippen molar-refractivity contribution in [1.29, 1.82) is 0 Å². The number of aromatic hydroxyl groups is 2. The van der Waals surface area contributed by atoms with Gasteiger partial charge in [-0.25, -0.2) is 0 Å². The summed E-state index contributed by atoms with van der Waals surface area (Å²) in [5, 5.41) is 50.5. The molecule has 54 heavy (non-hydrogen) atoms. The van der Waals surface area contributed by atoms with E-state index in [1.165, 1.54) is 43.3 Å². The number of phenols is 2. The quantitative estimate of drug-likeness (QED) is 0.0824. The summed E-state index contributed by atoms with van der Waals surface area (Å²) in [5.74, 6) is -7.28. The molecule has 0 heterocycles. The van der Waals surface area contributed by atoms with Crippen molar-refractivity contribution in [2.24, 2.45) is 17.6 Å². The van der Waals surface area contributed by atoms with Gasteiger partial charge in [0, 0.05) is 12.8 Å². The van der Waals surface area contributed by atoms with E-state index in [2.05, 4.69) is 26.6 Å². The molecule has 17 heteroatoms. The Bertz CT molecular complexity index is 1620. The maximum Gasteiger partial charge on any atom is 0.325 e. The van der Waals surface area contributed by atoms with E-state index in [4.69, 9.17) is 5.73 Å². The average Bonchev–Trinajstić information content (AvgIpc) is 3.09. The highest BCUT2D eigenvalue weighted by atomic mass is 16.4. The smallest absolute Gasteiger partial charge is 0.325 e. The normalized spacial score (nSPS) is 14.4. The van der Waals surface area contributed by atoms with E-state index in [0.29, 0.717) is 11.1 Å². The zero-order chi connectivity index (χ0) is 40.7. The molecule has 0 bridgehead atoms. The average molecular weight is 757 g/mol. The first-order valence-electron chi connectivity index (χ1n) is 17.5. The van der Waals surface area contributed by atoms with Gasteiger partial charge < -0.3 is 52.7 Å². The lowest BCUT2D eigenvalue weighted by Crippen LogP contribution is -2.60. The third-order valence-electron chi connectivity index (χ3n) is 8.33. The van der Waals surface area contributed by atoms with E-state index in [-0.39, 0.29) is 36.7 Å². The van der Waals surface area contributed by atoms with Crippen LogP contribution in [0.3, 0.4) is 0 Å². The van der Waals surface area contributed by atoms with E-state index in [0.717, 1.165) is 0 Å². The first kappa shape index (κ1) is 44.5. The lowest BCUT2D eigenvalue weighted by molar-refractivity contribution is -0.142. The summed E-state index contributed by atoms with van der Waals surface area (Å²) in [7, 11) is 0. The molecule has 2 rings (SSSR count). The Morgan fingerprint density at radius 2 is 1.06 bits per heavy atom. The third kappa shape index (κ3) is 15.1. The van der Waals surface area contributed by atoms with Crippen LogP contribution in [0.15, 0.2) is 48.5 Å². The van der Waals surface area contributed by atoms with Crippen molar-refractivity contribution in [3.63, 3.8) is 0 Å². The number of carboxylic acids is 2. The number of phenolic OH excluding ortho intramolecular Hbond substituents is 2. The van der Waals surface area contributed by atoms with Crippen LogP contribution < -0.4 is 32.3 Å². The molecule has 6 atom stereocenters. The number of nitrogens with two attached hydrogens (primary N) is 1. The SMILES string of the molecule is CC(C)C[C@H](NC(=O)[C@@H](N)Cc1ccc(O)cc1)C(=O)N[C@@H](Cc1ccc(O)cc1)C(=O)N[C@@H](CCC(=O)O)C(=O)N[C@H](C(=O)N[C@@H](C)C(=O)O)C(C)C. The molecule has 0 spiro atoms. The number of amides is 5. The molecule has 0 aliphatic rings. The van der Waals surface area contributed by atoms with E-state index in [1.807, 2.05) is 13.8 Å². The predicted octanol–water partition coefficient (Wildman–Crippen LogP) is 0.306. The van der Waals surface area contributed by atoms with Crippen LogP contribution in [0.2, 0.25) is 0 Å². The minimum atomic E-state index is -1.51. The van der Waals surface area contributed by atoms with Gasteiger partial charge in [-0.15, -0.1) is 0 Å². The Labute approximate surface area is 313 Å². The lowest BCUT2D eigenvalue weighted by atomic mass is 9.99. The number of hydrogen-bond donors (Lipinski definition) is 10. The van der Waals surface area contributed by atoms with Crippen molar-refractivity contribution in [1.82, 2.24) is 26.6 Å². The van der Waals surface area contributed by atoms with Crippen LogP contribution >= 0.6 is 0 Å². The molecule has 0 radical (unpaired) electrons. The van der Waals surface area contributed by atoms with Gasteiger partial charge in [-0.3, -0.25) is 33.6 Å². The third-order valence-corrected chi connectivity index (χ3v) is 8.33. The van der Waals surface area contributed by atoms with Gasteiger partial charge in [-0.1, -0.05) is 52.0 Å². The first-order chi connectivity index (χ1) is 25.3. The second-order valence-corrected chi connectivity index (χ2v) is 13.9. The van der Waals surface area contributed by atoms with Crippen LogP contribution in [0.25, 0.3) is 0 Å². The Balaban J connectivity index is 2.36. The van der Waals surface area contributed by atoms with Gasteiger partial charge >= 0.3 is 11.9 Å². The predicted molar refractivity (Wildman–Crippen MR) is 196 cm³/mol. The fourth-order valence-corrected chi connectivity index (χ4v) is 5.27. The highest BCUT2D eigenvalue weighted by Crippen LogP contribution is 2.15. The van der Waals surface area contributed by atoms with Gasteiger partial charge in [-0.2, -0.15) is 0 Å². The fraction of sp³-hybridized carbons (Fsp3) is 0.486. The molecule has 2 aromatic rings. The molecule has 11 N–H and O–H groups in total. The van der Waals surface area contributed by atoms with Crippen molar-refractivity contribution >= 4 is 41.5 Å². The van der Waals surface area contributed by atoms with Gasteiger partial charge in [0.15, 0.2) is 0 Å². The molecule has 0 aliphatic carbocycles. The lowest BCUT2D eigenvalue weighted by Gasteiger charge is -2.28. The Morgan fingerprint density at radius 3 is 1.54 bits per heavy atom. The second-order valence-electron chi connectivity index (χ2n) is 13.9. The summed E-state index contributed by atoms with van der Waals surface area (Å²) in [5.41, 5.74) is 7.31. The highest BCUT2D eigenvalue weighted by Gasteiger charge is 2.34. The molecule has 0 aromatic heterocycles. The van der Waals surface area contributed by atoms with Gasteiger partial charge in [-0.05, 0) is 73.4 Å². The molecule has 17 nitrogen and oxygen atoms in total. The first-order valence-corrected chi connectivity index (χ1v) is 17.5. The van der Waals surface area contributed by atoms with E-state index in [9.17, 15) is 54.0 Å². The molecule has 0 saturated heterocycles. The molecule has 5 amide bonds. The van der Waals surface area contributed by atoms with Crippen molar-refractivity contribution in [3.05, 3.63) is 59.7 Å². The standard InChI is InChI=1S/C37H52N6O11/c1-19(2)16-28(41-32(48)26(38)17-22-6-10-24(44)11-7-22)34(50)42-29(18-23-8-12-25(45)13-9-23)35(51)40-27(14-15-30(46)47)33(49)43-31(20(3)4)36(52)39-21(5)37(53)54/h6-13,19-21,26-29,31,44-45H,14-18,38H2,1-5H3,(H,39,52)(H,40,51)(H,41,48)(H,42,50)(H,43,49)(H,46,47)(H,53,54)/t21-,26-,27-,28-,29-,31-/m0/s1. The summed E-state index contributed by atoms with van der Waals surface area (Å²) in [6.07, 6.45) is -0.867. The number of carbonyl (C=O) groups excluding carboxylic acids is 5. The number of benzene rings is 2. The summed E-state index contributed by atoms with van der Waals surface area (Å²) in [6.45, 7) is 8.07. The molecule has 296 valence electrons. The zero-order valence-electron chi connectivity index (χ0n) is 31.0. The molecule has 2 aromatic carbocycles. The highest BCUT2D eigenvalue weighted by molar-refractivity contribution is 5.96. The Kier molecular flexibility index (Phi) is 17.4. The van der Waals surface area contributed by atoms with Crippen LogP contribution in [0.1, 0.15) is 65.0 Å². The number of hydrogen-bond acceptors (Lipinski definition) is 10. The van der Waals surface area contributed by atoms with Crippen LogP contribution in [-0.4, -0.2) is 98.2 Å². The number of carboxylic acid groups (broad SMARTS) is 2. The Morgan fingerprint density at radius 1 is 0.593 bits per heavy atom. The van der Waals surface area contributed by atoms with Crippen LogP contribution in [0, 0.1) is 11.8 Å². The molecular formula is C37H52N6O11. The van der Waals surface area contributed by atoms with Gasteiger partial charge in [0.05, 0.1) is 6.04 Å².